The topological polar surface area (TPSA) is 92.6 Å². The average Bonchev–Trinajstić information content (AvgIpc) is 3.06. The second kappa shape index (κ2) is 5.94. The maximum atomic E-state index is 6.35. The molecule has 3 rings (SSSR count). The van der Waals surface area contributed by atoms with Crippen LogP contribution >= 0.6 is 0 Å². The fourth-order valence-corrected chi connectivity index (χ4v) is 2.47. The standard InChI is InChI=1S/C15H19N3O4/c1-19-11-4-3-10(9-12(11)20-2)13-17-14(22-18-13)15(16)5-7-21-8-6-15/h3-4,9H,5-8,16H2,1-2H3. The largest absolute Gasteiger partial charge is 0.493 e. The van der Waals surface area contributed by atoms with Crippen molar-refractivity contribution in [1.82, 2.24) is 10.1 Å². The molecule has 1 fully saturated rings. The van der Waals surface area contributed by atoms with Gasteiger partial charge in [-0.2, -0.15) is 4.98 Å². The smallest absolute Gasteiger partial charge is 0.247 e. The summed E-state index contributed by atoms with van der Waals surface area (Å²) in [6.07, 6.45) is 1.33. The first-order chi connectivity index (χ1) is 10.7. The number of aromatic nitrogens is 2. The van der Waals surface area contributed by atoms with Crippen LogP contribution in [-0.4, -0.2) is 37.6 Å². The molecule has 0 radical (unpaired) electrons. The zero-order chi connectivity index (χ0) is 15.6. The van der Waals surface area contributed by atoms with Crippen molar-refractivity contribution in [2.45, 2.75) is 18.4 Å². The summed E-state index contributed by atoms with van der Waals surface area (Å²) in [6.45, 7) is 1.20. The van der Waals surface area contributed by atoms with Crippen molar-refractivity contribution in [2.75, 3.05) is 27.4 Å². The minimum Gasteiger partial charge on any atom is -0.493 e. The van der Waals surface area contributed by atoms with Crippen molar-refractivity contribution in [3.05, 3.63) is 24.1 Å². The molecule has 1 aliphatic heterocycles. The highest BCUT2D eigenvalue weighted by molar-refractivity contribution is 5.60. The van der Waals surface area contributed by atoms with Crippen LogP contribution < -0.4 is 15.2 Å². The van der Waals surface area contributed by atoms with Gasteiger partial charge in [0, 0.05) is 18.8 Å². The summed E-state index contributed by atoms with van der Waals surface area (Å²) in [6, 6.07) is 5.46. The fraction of sp³-hybridized carbons (Fsp3) is 0.467. The molecule has 0 amide bonds. The maximum absolute atomic E-state index is 6.35. The van der Waals surface area contributed by atoms with Crippen molar-refractivity contribution in [1.29, 1.82) is 0 Å². The van der Waals surface area contributed by atoms with E-state index in [2.05, 4.69) is 10.1 Å². The molecule has 1 aromatic carbocycles. The lowest BCUT2D eigenvalue weighted by molar-refractivity contribution is 0.0400. The minimum absolute atomic E-state index is 0.445. The van der Waals surface area contributed by atoms with Crippen LogP contribution in [0.4, 0.5) is 0 Å². The summed E-state index contributed by atoms with van der Waals surface area (Å²) in [4.78, 5) is 4.45. The Labute approximate surface area is 128 Å². The van der Waals surface area contributed by atoms with Gasteiger partial charge in [0.1, 0.15) is 5.54 Å². The fourth-order valence-electron chi connectivity index (χ4n) is 2.47. The van der Waals surface area contributed by atoms with E-state index in [0.717, 1.165) is 5.56 Å². The van der Waals surface area contributed by atoms with Gasteiger partial charge in [-0.3, -0.25) is 0 Å². The lowest BCUT2D eigenvalue weighted by atomic mass is 9.91. The highest BCUT2D eigenvalue weighted by Crippen LogP contribution is 2.33. The molecule has 0 unspecified atom stereocenters. The van der Waals surface area contributed by atoms with Crippen LogP contribution in [-0.2, 0) is 10.3 Å². The Morgan fingerprint density at radius 3 is 2.55 bits per heavy atom. The number of ether oxygens (including phenoxy) is 3. The summed E-state index contributed by atoms with van der Waals surface area (Å²) in [7, 11) is 3.17. The van der Waals surface area contributed by atoms with E-state index in [4.69, 9.17) is 24.5 Å². The summed E-state index contributed by atoms with van der Waals surface area (Å²) in [5, 5.41) is 4.03. The van der Waals surface area contributed by atoms with E-state index in [1.165, 1.54) is 0 Å². The lowest BCUT2D eigenvalue weighted by Gasteiger charge is -2.29. The molecule has 0 bridgehead atoms. The molecule has 118 valence electrons. The number of hydrogen-bond acceptors (Lipinski definition) is 7. The third-order valence-corrected chi connectivity index (χ3v) is 3.88. The highest BCUT2D eigenvalue weighted by Gasteiger charge is 2.35. The van der Waals surface area contributed by atoms with E-state index in [1.807, 2.05) is 6.07 Å². The van der Waals surface area contributed by atoms with E-state index < -0.39 is 5.54 Å². The van der Waals surface area contributed by atoms with Gasteiger partial charge in [0.25, 0.3) is 0 Å². The van der Waals surface area contributed by atoms with Gasteiger partial charge < -0.3 is 24.5 Å². The monoisotopic (exact) mass is 305 g/mol. The van der Waals surface area contributed by atoms with Gasteiger partial charge in [0.2, 0.25) is 11.7 Å². The quantitative estimate of drug-likeness (QED) is 0.919. The Morgan fingerprint density at radius 1 is 1.14 bits per heavy atom. The first-order valence-electron chi connectivity index (χ1n) is 7.09. The van der Waals surface area contributed by atoms with Crippen LogP contribution in [0.1, 0.15) is 18.7 Å². The molecule has 7 nitrogen and oxygen atoms in total. The van der Waals surface area contributed by atoms with Gasteiger partial charge in [0.05, 0.1) is 14.2 Å². The summed E-state index contributed by atoms with van der Waals surface area (Å²) < 4.78 is 21.2. The molecule has 2 N–H and O–H groups in total. The van der Waals surface area contributed by atoms with E-state index in [9.17, 15) is 0 Å². The van der Waals surface area contributed by atoms with Gasteiger partial charge in [-0.25, -0.2) is 0 Å². The van der Waals surface area contributed by atoms with Crippen molar-refractivity contribution in [3.63, 3.8) is 0 Å². The van der Waals surface area contributed by atoms with Crippen molar-refractivity contribution in [2.24, 2.45) is 5.73 Å². The molecule has 2 aromatic rings. The molecule has 1 aliphatic rings. The average molecular weight is 305 g/mol. The van der Waals surface area contributed by atoms with Crippen LogP contribution in [0.25, 0.3) is 11.4 Å². The molecule has 22 heavy (non-hydrogen) atoms. The lowest BCUT2D eigenvalue weighted by Crippen LogP contribution is -2.42. The Bertz CT molecular complexity index is 650. The third kappa shape index (κ3) is 2.65. The van der Waals surface area contributed by atoms with Gasteiger partial charge in [-0.05, 0) is 31.0 Å². The highest BCUT2D eigenvalue weighted by atomic mass is 16.5. The number of hydrogen-bond donors (Lipinski definition) is 1. The second-order valence-corrected chi connectivity index (χ2v) is 5.26. The molecule has 2 heterocycles. The number of methoxy groups -OCH3 is 2. The summed E-state index contributed by atoms with van der Waals surface area (Å²) in [5.74, 6) is 2.18. The second-order valence-electron chi connectivity index (χ2n) is 5.26. The Kier molecular flexibility index (Phi) is 4.00. The molecular formula is C15H19N3O4. The van der Waals surface area contributed by atoms with Crippen LogP contribution in [0.3, 0.4) is 0 Å². The van der Waals surface area contributed by atoms with E-state index in [1.54, 1.807) is 26.4 Å². The summed E-state index contributed by atoms with van der Waals surface area (Å²) in [5.41, 5.74) is 6.52. The molecule has 0 saturated carbocycles. The molecule has 0 spiro atoms. The predicted octanol–water partition coefficient (Wildman–Crippen LogP) is 1.72. The zero-order valence-electron chi connectivity index (χ0n) is 12.7. The number of rotatable bonds is 4. The number of nitrogens with zero attached hydrogens (tertiary/aromatic N) is 2. The van der Waals surface area contributed by atoms with E-state index in [0.29, 0.717) is 49.3 Å². The third-order valence-electron chi connectivity index (χ3n) is 3.88. The summed E-state index contributed by atoms with van der Waals surface area (Å²) >= 11 is 0. The van der Waals surface area contributed by atoms with Crippen LogP contribution in [0.15, 0.2) is 22.7 Å². The predicted molar refractivity (Wildman–Crippen MR) is 78.8 cm³/mol. The molecule has 0 aliphatic carbocycles. The van der Waals surface area contributed by atoms with Gasteiger partial charge >= 0.3 is 0 Å². The molecule has 0 atom stereocenters. The van der Waals surface area contributed by atoms with Crippen LogP contribution in [0.5, 0.6) is 11.5 Å². The van der Waals surface area contributed by atoms with E-state index in [-0.39, 0.29) is 0 Å². The van der Waals surface area contributed by atoms with Gasteiger partial charge in [0.15, 0.2) is 11.5 Å². The minimum atomic E-state index is -0.611. The van der Waals surface area contributed by atoms with Gasteiger partial charge in [-0.1, -0.05) is 5.16 Å². The molecule has 1 saturated heterocycles. The Hall–Kier alpha value is -2.12. The Morgan fingerprint density at radius 2 is 1.86 bits per heavy atom. The maximum Gasteiger partial charge on any atom is 0.247 e. The van der Waals surface area contributed by atoms with Crippen molar-refractivity contribution < 1.29 is 18.7 Å². The van der Waals surface area contributed by atoms with Crippen molar-refractivity contribution >= 4 is 0 Å². The van der Waals surface area contributed by atoms with Crippen LogP contribution in [0, 0.1) is 0 Å². The first kappa shape index (κ1) is 14.8. The molecule has 1 aromatic heterocycles. The first-order valence-corrected chi connectivity index (χ1v) is 7.09. The molecule has 7 heteroatoms. The normalized spacial score (nSPS) is 17.2. The van der Waals surface area contributed by atoms with Crippen molar-refractivity contribution in [3.8, 4) is 22.9 Å². The Balaban J connectivity index is 1.90. The van der Waals surface area contributed by atoms with Crippen LogP contribution in [0.2, 0.25) is 0 Å². The number of benzene rings is 1. The van der Waals surface area contributed by atoms with E-state index >= 15 is 0 Å². The zero-order valence-corrected chi connectivity index (χ0v) is 12.7. The van der Waals surface area contributed by atoms with Gasteiger partial charge in [-0.15, -0.1) is 0 Å². The SMILES string of the molecule is COc1ccc(-c2noc(C3(N)CCOCC3)n2)cc1OC. The number of nitrogens with two attached hydrogens (primary N) is 1. The molecular weight excluding hydrogens is 286 g/mol.